The van der Waals surface area contributed by atoms with Gasteiger partial charge in [0.1, 0.15) is 0 Å². The molecule has 25 heteroatoms. The summed E-state index contributed by atoms with van der Waals surface area (Å²) < 4.78 is 46.3. The van der Waals surface area contributed by atoms with Gasteiger partial charge < -0.3 is 50.6 Å². The van der Waals surface area contributed by atoms with Crippen LogP contribution in [0, 0.1) is 0 Å². The van der Waals surface area contributed by atoms with Crippen molar-refractivity contribution >= 4 is 51.1 Å². The van der Waals surface area contributed by atoms with Crippen molar-refractivity contribution in [2.24, 2.45) is 5.73 Å². The molecule has 0 radical (unpaired) electrons. The van der Waals surface area contributed by atoms with Gasteiger partial charge in [-0.05, 0) is 79.0 Å². The number of hydrogen-bond acceptors (Lipinski definition) is 20. The Kier molecular flexibility index (Phi) is 14.5. The second-order valence-electron chi connectivity index (χ2n) is 15.2. The minimum Gasteiger partial charge on any atom is -0.461 e. The zero-order valence-corrected chi connectivity index (χ0v) is 37.7. The number of aromatic nitrogens is 10. The molecule has 10 rings (SSSR count). The maximum absolute atomic E-state index is 12.5. The molecular weight excluding hydrogens is 901 g/mol. The molecule has 0 spiro atoms. The lowest BCUT2D eigenvalue weighted by atomic mass is 10.1. The number of hydrogen-bond donors (Lipinski definition) is 4. The first-order valence-corrected chi connectivity index (χ1v) is 23.3. The monoisotopic (exact) mass is 948 g/mol. The molecule has 0 aliphatic carbocycles. The van der Waals surface area contributed by atoms with Crippen LogP contribution in [0.1, 0.15) is 31.8 Å². The second-order valence-corrected chi connectivity index (χ2v) is 17.1. The summed E-state index contributed by atoms with van der Waals surface area (Å²) in [5, 5.41) is 11.1. The number of nitrogen functional groups attached to an aromatic ring is 2. The van der Waals surface area contributed by atoms with Crippen molar-refractivity contribution < 1.29 is 36.3 Å². The van der Waals surface area contributed by atoms with Crippen molar-refractivity contribution in [3.05, 3.63) is 108 Å². The van der Waals surface area contributed by atoms with E-state index in [1.165, 1.54) is 16.3 Å². The summed E-state index contributed by atoms with van der Waals surface area (Å²) in [4.78, 5) is 52.8. The SMILES string of the molecule is CS(=O)(=O)c1nc(N)n2nc(-c3ccco3)nc2n1.NCCc1ccc(C(=O)N2CCOCC2)cc1.Nc1nc(NCCc2ccc(C(=O)N3CCOCC3)cc2)nc2nc(-c3ccco3)nn12. The molecule has 0 unspecified atom stereocenters. The zero-order valence-electron chi connectivity index (χ0n) is 36.8. The molecule has 354 valence electrons. The predicted octanol–water partition coefficient (Wildman–Crippen LogP) is 1.91. The van der Waals surface area contributed by atoms with Crippen LogP contribution in [0.2, 0.25) is 0 Å². The van der Waals surface area contributed by atoms with E-state index in [2.05, 4.69) is 45.4 Å². The number of morpholine rings is 2. The minimum atomic E-state index is -3.57. The van der Waals surface area contributed by atoms with Gasteiger partial charge in [0, 0.05) is 50.1 Å². The molecular formula is C43H48N16O8S. The van der Waals surface area contributed by atoms with Crippen LogP contribution in [0.3, 0.4) is 0 Å². The number of carbonyl (C=O) groups excluding carboxylic acids is 2. The van der Waals surface area contributed by atoms with Gasteiger partial charge in [0.25, 0.3) is 28.5 Å². The third-order valence-electron chi connectivity index (χ3n) is 10.4. The number of sulfone groups is 1. The molecule has 8 heterocycles. The Morgan fingerprint density at radius 2 is 1.10 bits per heavy atom. The first-order valence-electron chi connectivity index (χ1n) is 21.4. The number of ether oxygens (including phenoxy) is 2. The van der Waals surface area contributed by atoms with E-state index in [4.69, 9.17) is 35.5 Å². The highest BCUT2D eigenvalue weighted by atomic mass is 32.2. The molecule has 2 saturated heterocycles. The number of nitrogens with one attached hydrogen (secondary N) is 1. The number of fused-ring (bicyclic) bond motifs is 2. The van der Waals surface area contributed by atoms with E-state index in [0.29, 0.717) is 100 Å². The van der Waals surface area contributed by atoms with Crippen molar-refractivity contribution in [1.29, 1.82) is 0 Å². The number of nitrogens with two attached hydrogens (primary N) is 3. The molecule has 0 atom stereocenters. The fourth-order valence-corrected chi connectivity index (χ4v) is 7.37. The summed E-state index contributed by atoms with van der Waals surface area (Å²) >= 11 is 0. The molecule has 2 aliphatic rings. The van der Waals surface area contributed by atoms with Gasteiger partial charge in [-0.15, -0.1) is 10.2 Å². The van der Waals surface area contributed by atoms with Crippen LogP contribution in [0.15, 0.2) is 99.3 Å². The molecule has 2 fully saturated rings. The summed E-state index contributed by atoms with van der Waals surface area (Å²) in [5.74, 6) is 2.51. The Morgan fingerprint density at radius 1 is 0.632 bits per heavy atom. The third-order valence-corrected chi connectivity index (χ3v) is 11.2. The van der Waals surface area contributed by atoms with Crippen molar-refractivity contribution in [1.82, 2.24) is 58.9 Å². The number of furan rings is 2. The average molecular weight is 949 g/mol. The first kappa shape index (κ1) is 46.7. The molecule has 6 aromatic heterocycles. The van der Waals surface area contributed by atoms with E-state index in [9.17, 15) is 18.0 Å². The molecule has 0 bridgehead atoms. The molecule has 24 nitrogen and oxygen atoms in total. The highest BCUT2D eigenvalue weighted by Gasteiger charge is 2.21. The van der Waals surface area contributed by atoms with E-state index in [1.807, 2.05) is 58.3 Å². The summed E-state index contributed by atoms with van der Waals surface area (Å²) in [6.07, 6.45) is 5.59. The average Bonchev–Trinajstić information content (AvgIpc) is 4.21. The summed E-state index contributed by atoms with van der Waals surface area (Å²) in [6, 6.07) is 22.2. The molecule has 2 aromatic carbocycles. The van der Waals surface area contributed by atoms with Crippen LogP contribution in [0.4, 0.5) is 17.8 Å². The maximum atomic E-state index is 12.5. The molecule has 68 heavy (non-hydrogen) atoms. The van der Waals surface area contributed by atoms with E-state index < -0.39 is 15.0 Å². The lowest BCUT2D eigenvalue weighted by Crippen LogP contribution is -2.40. The smallest absolute Gasteiger partial charge is 0.259 e. The summed E-state index contributed by atoms with van der Waals surface area (Å²) in [5.41, 5.74) is 20.8. The van der Waals surface area contributed by atoms with Gasteiger partial charge in [-0.2, -0.15) is 38.9 Å². The molecule has 0 saturated carbocycles. The van der Waals surface area contributed by atoms with Gasteiger partial charge in [0.05, 0.1) is 39.0 Å². The van der Waals surface area contributed by atoms with Crippen molar-refractivity contribution in [2.45, 2.75) is 18.0 Å². The van der Waals surface area contributed by atoms with Crippen LogP contribution >= 0.6 is 0 Å². The van der Waals surface area contributed by atoms with Crippen LogP contribution in [0.25, 0.3) is 34.7 Å². The van der Waals surface area contributed by atoms with Gasteiger partial charge in [-0.3, -0.25) is 9.59 Å². The number of amides is 2. The van der Waals surface area contributed by atoms with E-state index in [0.717, 1.165) is 34.7 Å². The Balaban J connectivity index is 0.000000148. The molecule has 2 amide bonds. The summed E-state index contributed by atoms with van der Waals surface area (Å²) in [7, 11) is -3.57. The van der Waals surface area contributed by atoms with Crippen molar-refractivity contribution in [3.63, 3.8) is 0 Å². The first-order chi connectivity index (χ1) is 32.9. The Morgan fingerprint density at radius 3 is 1.56 bits per heavy atom. The van der Waals surface area contributed by atoms with Crippen LogP contribution in [0.5, 0.6) is 0 Å². The molecule has 2 aliphatic heterocycles. The van der Waals surface area contributed by atoms with E-state index in [1.54, 1.807) is 30.5 Å². The van der Waals surface area contributed by atoms with Gasteiger partial charge in [0.2, 0.25) is 39.3 Å². The van der Waals surface area contributed by atoms with Crippen molar-refractivity contribution in [3.8, 4) is 23.2 Å². The van der Waals surface area contributed by atoms with Gasteiger partial charge in [0.15, 0.2) is 11.5 Å². The van der Waals surface area contributed by atoms with Gasteiger partial charge in [-0.25, -0.2) is 8.42 Å². The minimum absolute atomic E-state index is 0.0392. The largest absolute Gasteiger partial charge is 0.461 e. The Labute approximate surface area is 388 Å². The Hall–Kier alpha value is -7.87. The fourth-order valence-electron chi connectivity index (χ4n) is 6.87. The summed E-state index contributed by atoms with van der Waals surface area (Å²) in [6.45, 7) is 6.31. The molecule has 8 aromatic rings. The highest BCUT2D eigenvalue weighted by Crippen LogP contribution is 2.20. The lowest BCUT2D eigenvalue weighted by molar-refractivity contribution is 0.0301. The van der Waals surface area contributed by atoms with Crippen LogP contribution in [-0.2, 0) is 32.2 Å². The standard InChI is InChI=1S/C21H22N8O3.C13H18N2O2.C9H8N6O3S/c22-19-25-20(26-21-24-17(27-29(19)21)16-2-1-11-32-16)23-8-7-14-3-5-15(6-4-14)18(30)28-9-12-31-13-10-28;14-6-5-11-1-3-12(4-2-11)13(16)15-7-9-17-10-8-15;1-19(16,17)9-12-7(10)15-8(13-9)11-6(14-15)5-3-2-4-18-5/h1-6,11H,7-10,12-13H2,(H3,22,23,24,25,26,27);1-4H,5-10,14H2;2-4H,1H3,(H2,10,11,12,13,14). The zero-order chi connectivity index (χ0) is 47.6. The number of nitrogens with zero attached hydrogens (tertiary/aromatic N) is 12. The number of carbonyl (C=O) groups is 2. The topological polar surface area (TPSA) is 322 Å². The highest BCUT2D eigenvalue weighted by molar-refractivity contribution is 7.90. The molecule has 7 N–H and O–H groups in total. The maximum Gasteiger partial charge on any atom is 0.259 e. The second kappa shape index (κ2) is 21.2. The van der Waals surface area contributed by atoms with Crippen molar-refractivity contribution in [2.75, 3.05) is 88.7 Å². The predicted molar refractivity (Wildman–Crippen MR) is 246 cm³/mol. The van der Waals surface area contributed by atoms with Gasteiger partial charge >= 0.3 is 0 Å². The quantitative estimate of drug-likeness (QED) is 0.144. The van der Waals surface area contributed by atoms with E-state index >= 15 is 0 Å². The van der Waals surface area contributed by atoms with E-state index in [-0.39, 0.29) is 35.3 Å². The lowest BCUT2D eigenvalue weighted by Gasteiger charge is -2.26. The van der Waals surface area contributed by atoms with Crippen LogP contribution < -0.4 is 22.5 Å². The number of benzene rings is 2. The normalized spacial score (nSPS) is 14.0. The van der Waals surface area contributed by atoms with Gasteiger partial charge in [-0.1, -0.05) is 24.3 Å². The number of anilines is 3. The fraction of sp³-hybridized carbons (Fsp3) is 0.302. The third kappa shape index (κ3) is 11.4. The number of rotatable bonds is 11. The Bertz CT molecular complexity index is 3060. The van der Waals surface area contributed by atoms with Crippen LogP contribution in [-0.4, -0.2) is 151 Å².